The molecule has 0 fully saturated rings. The number of hydrogen-bond acceptors (Lipinski definition) is 4. The van der Waals surface area contributed by atoms with Gasteiger partial charge in [0.25, 0.3) is 5.91 Å². The zero-order valence-corrected chi connectivity index (χ0v) is 17.5. The number of halogens is 2. The minimum Gasteiger partial charge on any atom is -0.467 e. The number of carbonyl (C=O) groups is 1. The van der Waals surface area contributed by atoms with Gasteiger partial charge in [-0.05, 0) is 54.4 Å². The highest BCUT2D eigenvalue weighted by atomic mass is 35.5. The maximum Gasteiger partial charge on any atom is 0.290 e. The van der Waals surface area contributed by atoms with E-state index in [9.17, 15) is 9.59 Å². The Kier molecular flexibility index (Phi) is 5.66. The van der Waals surface area contributed by atoms with E-state index < -0.39 is 5.91 Å². The SMILES string of the molecule is Cc1cc2oc(C(=O)N(Cc3ccc(Cl)cc3)Cc3ccco3)cc(=O)c2cc1Cl. The number of carbonyl (C=O) groups excluding carboxylic acids is 1. The van der Waals surface area contributed by atoms with E-state index in [2.05, 4.69) is 0 Å². The van der Waals surface area contributed by atoms with Gasteiger partial charge in [-0.1, -0.05) is 35.3 Å². The van der Waals surface area contributed by atoms with Crippen LogP contribution in [0.4, 0.5) is 0 Å². The van der Waals surface area contributed by atoms with Gasteiger partial charge >= 0.3 is 0 Å². The van der Waals surface area contributed by atoms with Gasteiger partial charge in [-0.2, -0.15) is 0 Å². The van der Waals surface area contributed by atoms with Crippen molar-refractivity contribution in [1.29, 1.82) is 0 Å². The smallest absolute Gasteiger partial charge is 0.290 e. The third-order valence-electron chi connectivity index (χ3n) is 4.72. The largest absolute Gasteiger partial charge is 0.467 e. The molecule has 152 valence electrons. The predicted octanol–water partition coefficient (Wildman–Crippen LogP) is 5.84. The second-order valence-corrected chi connectivity index (χ2v) is 7.78. The van der Waals surface area contributed by atoms with E-state index in [-0.39, 0.29) is 24.3 Å². The molecule has 2 heterocycles. The maximum atomic E-state index is 13.3. The maximum absolute atomic E-state index is 13.3. The number of fused-ring (bicyclic) bond motifs is 1. The van der Waals surface area contributed by atoms with Crippen LogP contribution in [0.3, 0.4) is 0 Å². The van der Waals surface area contributed by atoms with E-state index in [0.717, 1.165) is 11.1 Å². The second kappa shape index (κ2) is 8.38. The van der Waals surface area contributed by atoms with Gasteiger partial charge in [0.05, 0.1) is 18.2 Å². The zero-order chi connectivity index (χ0) is 21.3. The van der Waals surface area contributed by atoms with Crippen molar-refractivity contribution in [1.82, 2.24) is 4.90 Å². The highest BCUT2D eigenvalue weighted by molar-refractivity contribution is 6.32. The van der Waals surface area contributed by atoms with Gasteiger partial charge in [0, 0.05) is 22.7 Å². The summed E-state index contributed by atoms with van der Waals surface area (Å²) in [6.07, 6.45) is 1.54. The van der Waals surface area contributed by atoms with Gasteiger partial charge < -0.3 is 13.7 Å². The Hall–Kier alpha value is -3.02. The number of hydrogen-bond donors (Lipinski definition) is 0. The van der Waals surface area contributed by atoms with Crippen molar-refractivity contribution in [2.45, 2.75) is 20.0 Å². The molecule has 0 spiro atoms. The summed E-state index contributed by atoms with van der Waals surface area (Å²) in [6.45, 7) is 2.31. The van der Waals surface area contributed by atoms with Crippen molar-refractivity contribution in [2.75, 3.05) is 0 Å². The van der Waals surface area contributed by atoms with Crippen molar-refractivity contribution < 1.29 is 13.6 Å². The monoisotopic (exact) mass is 441 g/mol. The van der Waals surface area contributed by atoms with Crippen molar-refractivity contribution in [3.8, 4) is 0 Å². The van der Waals surface area contributed by atoms with Gasteiger partial charge in [0.2, 0.25) is 0 Å². The minimum atomic E-state index is -0.423. The molecule has 30 heavy (non-hydrogen) atoms. The Bertz CT molecular complexity index is 1260. The van der Waals surface area contributed by atoms with Gasteiger partial charge in [0.1, 0.15) is 11.3 Å². The summed E-state index contributed by atoms with van der Waals surface area (Å²) in [5.74, 6) is 0.144. The predicted molar refractivity (Wildman–Crippen MR) is 116 cm³/mol. The first-order valence-electron chi connectivity index (χ1n) is 9.21. The van der Waals surface area contributed by atoms with Gasteiger partial charge in [-0.25, -0.2) is 0 Å². The standard InChI is InChI=1S/C23H17Cl2NO4/c1-14-9-21-18(10-19(14)25)20(27)11-22(30-21)23(28)26(13-17-3-2-8-29-17)12-15-4-6-16(24)7-5-15/h2-11H,12-13H2,1H3. The first-order valence-corrected chi connectivity index (χ1v) is 9.96. The number of benzene rings is 2. The molecule has 1 amide bonds. The Balaban J connectivity index is 1.72. The van der Waals surface area contributed by atoms with E-state index in [1.54, 1.807) is 54.5 Å². The summed E-state index contributed by atoms with van der Waals surface area (Å²) in [5.41, 5.74) is 1.62. The van der Waals surface area contributed by atoms with Crippen LogP contribution in [0.5, 0.6) is 0 Å². The topological polar surface area (TPSA) is 63.7 Å². The van der Waals surface area contributed by atoms with Crippen LogP contribution in [0.2, 0.25) is 10.0 Å². The number of nitrogens with zero attached hydrogens (tertiary/aromatic N) is 1. The Labute approximate surface area is 182 Å². The van der Waals surface area contributed by atoms with Gasteiger partial charge in [-0.15, -0.1) is 0 Å². The first-order chi connectivity index (χ1) is 14.4. The average molecular weight is 442 g/mol. The van der Waals surface area contributed by atoms with E-state index in [1.165, 1.54) is 6.07 Å². The minimum absolute atomic E-state index is 0.0465. The molecule has 0 aliphatic rings. The summed E-state index contributed by atoms with van der Waals surface area (Å²) in [4.78, 5) is 27.4. The molecule has 4 rings (SSSR count). The zero-order valence-electron chi connectivity index (χ0n) is 16.0. The number of rotatable bonds is 5. The van der Waals surface area contributed by atoms with Crippen LogP contribution < -0.4 is 5.43 Å². The molecule has 2 aromatic carbocycles. The van der Waals surface area contributed by atoms with Crippen molar-refractivity contribution in [3.05, 3.63) is 104 Å². The highest BCUT2D eigenvalue weighted by Crippen LogP contribution is 2.23. The van der Waals surface area contributed by atoms with Gasteiger partial charge in [-0.3, -0.25) is 9.59 Å². The van der Waals surface area contributed by atoms with Crippen molar-refractivity contribution >= 4 is 40.1 Å². The number of amides is 1. The van der Waals surface area contributed by atoms with E-state index in [0.29, 0.717) is 26.8 Å². The Morgan fingerprint density at radius 3 is 2.50 bits per heavy atom. The third kappa shape index (κ3) is 4.27. The van der Waals surface area contributed by atoms with Crippen LogP contribution in [0, 0.1) is 6.92 Å². The van der Waals surface area contributed by atoms with Crippen molar-refractivity contribution in [2.24, 2.45) is 0 Å². The molecule has 0 atom stereocenters. The molecule has 4 aromatic rings. The Morgan fingerprint density at radius 2 is 1.80 bits per heavy atom. The van der Waals surface area contributed by atoms with Crippen LogP contribution in [0.1, 0.15) is 27.4 Å². The molecular weight excluding hydrogens is 425 g/mol. The summed E-state index contributed by atoms with van der Waals surface area (Å²) in [7, 11) is 0. The lowest BCUT2D eigenvalue weighted by Gasteiger charge is -2.21. The molecule has 5 nitrogen and oxygen atoms in total. The summed E-state index contributed by atoms with van der Waals surface area (Å²) < 4.78 is 11.2. The molecule has 0 N–H and O–H groups in total. The molecule has 0 unspecified atom stereocenters. The lowest BCUT2D eigenvalue weighted by Crippen LogP contribution is -2.30. The fraction of sp³-hybridized carbons (Fsp3) is 0.130. The molecule has 0 radical (unpaired) electrons. The first kappa shape index (κ1) is 20.3. The lowest BCUT2D eigenvalue weighted by molar-refractivity contribution is 0.0686. The van der Waals surface area contributed by atoms with Crippen LogP contribution in [0.25, 0.3) is 11.0 Å². The van der Waals surface area contributed by atoms with Crippen molar-refractivity contribution in [3.63, 3.8) is 0 Å². The summed E-state index contributed by atoms with van der Waals surface area (Å²) >= 11 is 12.1. The highest BCUT2D eigenvalue weighted by Gasteiger charge is 2.22. The number of furan rings is 1. The Morgan fingerprint density at radius 1 is 1.03 bits per heavy atom. The van der Waals surface area contributed by atoms with E-state index in [4.69, 9.17) is 32.0 Å². The fourth-order valence-electron chi connectivity index (χ4n) is 3.14. The summed E-state index contributed by atoms with van der Waals surface area (Å²) in [5, 5.41) is 1.41. The molecule has 2 aromatic heterocycles. The molecular formula is C23H17Cl2NO4. The average Bonchev–Trinajstić information content (AvgIpc) is 3.23. The van der Waals surface area contributed by atoms with Crippen LogP contribution >= 0.6 is 23.2 Å². The lowest BCUT2D eigenvalue weighted by atomic mass is 10.1. The molecule has 0 aliphatic carbocycles. The molecule has 0 saturated carbocycles. The molecule has 7 heteroatoms. The van der Waals surface area contributed by atoms with Crippen LogP contribution in [-0.2, 0) is 13.1 Å². The van der Waals surface area contributed by atoms with Crippen LogP contribution in [-0.4, -0.2) is 10.8 Å². The second-order valence-electron chi connectivity index (χ2n) is 6.94. The molecule has 0 aliphatic heterocycles. The van der Waals surface area contributed by atoms with Crippen LogP contribution in [0.15, 0.2) is 74.5 Å². The normalized spacial score (nSPS) is 11.0. The van der Waals surface area contributed by atoms with Gasteiger partial charge in [0.15, 0.2) is 11.2 Å². The number of aryl methyl sites for hydroxylation is 1. The quantitative estimate of drug-likeness (QED) is 0.389. The fourth-order valence-corrected chi connectivity index (χ4v) is 3.43. The third-order valence-corrected chi connectivity index (χ3v) is 5.38. The van der Waals surface area contributed by atoms with E-state index in [1.807, 2.05) is 12.1 Å². The molecule has 0 saturated heterocycles. The van der Waals surface area contributed by atoms with E-state index >= 15 is 0 Å². The molecule has 0 bridgehead atoms. The summed E-state index contributed by atoms with van der Waals surface area (Å²) in [6, 6.07) is 15.1.